The van der Waals surface area contributed by atoms with Gasteiger partial charge in [-0.1, -0.05) is 29.3 Å². The predicted octanol–water partition coefficient (Wildman–Crippen LogP) is 3.75. The van der Waals surface area contributed by atoms with E-state index in [1.165, 1.54) is 0 Å². The van der Waals surface area contributed by atoms with Gasteiger partial charge in [0.25, 0.3) is 0 Å². The van der Waals surface area contributed by atoms with Crippen LogP contribution in [0.5, 0.6) is 0 Å². The van der Waals surface area contributed by atoms with Crippen LogP contribution in [0.1, 0.15) is 33.3 Å². The summed E-state index contributed by atoms with van der Waals surface area (Å²) < 4.78 is 28.6. The van der Waals surface area contributed by atoms with E-state index >= 15 is 0 Å². The molecule has 0 bridgehead atoms. The molecule has 1 aromatic carbocycles. The van der Waals surface area contributed by atoms with Crippen LogP contribution >= 0.6 is 23.2 Å². The van der Waals surface area contributed by atoms with E-state index in [0.717, 1.165) is 0 Å². The lowest BCUT2D eigenvalue weighted by molar-refractivity contribution is -0.176. The summed E-state index contributed by atoms with van der Waals surface area (Å²) in [4.78, 5) is 13.1. The fourth-order valence-electron chi connectivity index (χ4n) is 3.09. The first-order chi connectivity index (χ1) is 12.6. The number of carbonyl (C=O) groups is 1. The van der Waals surface area contributed by atoms with Crippen LogP contribution in [0.4, 0.5) is 0 Å². The van der Waals surface area contributed by atoms with E-state index in [1.807, 2.05) is 0 Å². The van der Waals surface area contributed by atoms with Crippen LogP contribution in [0, 0.1) is 0 Å². The highest BCUT2D eigenvalue weighted by Crippen LogP contribution is 2.31. The number of Topliss-reactive ketones (excluding diaryl/α,β-unsaturated/α-hetero) is 1. The Bertz CT molecular complexity index is 685. The van der Waals surface area contributed by atoms with Gasteiger partial charge in [-0.25, -0.2) is 0 Å². The average Bonchev–Trinajstić information content (AvgIpc) is 3.11. The molecule has 1 aromatic rings. The molecular formula is C19H24Cl2O6. The van der Waals surface area contributed by atoms with E-state index in [9.17, 15) is 4.79 Å². The van der Waals surface area contributed by atoms with Gasteiger partial charge in [0.15, 0.2) is 17.4 Å². The van der Waals surface area contributed by atoms with Crippen molar-refractivity contribution >= 4 is 29.0 Å². The van der Waals surface area contributed by atoms with Crippen LogP contribution in [0.2, 0.25) is 10.0 Å². The lowest BCUT2D eigenvalue weighted by Crippen LogP contribution is -2.45. The molecule has 2 saturated heterocycles. The minimum absolute atomic E-state index is 0.0617. The maximum atomic E-state index is 13.1. The third-order valence-electron chi connectivity index (χ3n) is 4.44. The van der Waals surface area contributed by atoms with Crippen LogP contribution in [0.15, 0.2) is 18.2 Å². The molecule has 2 aliphatic heterocycles. The predicted molar refractivity (Wildman–Crippen MR) is 99.9 cm³/mol. The van der Waals surface area contributed by atoms with Crippen LogP contribution < -0.4 is 0 Å². The van der Waals surface area contributed by atoms with Crippen molar-refractivity contribution in [1.82, 2.24) is 0 Å². The molecule has 3 atom stereocenters. The van der Waals surface area contributed by atoms with Crippen molar-refractivity contribution in [3.63, 3.8) is 0 Å². The second-order valence-corrected chi connectivity index (χ2v) is 8.33. The Kier molecular flexibility index (Phi) is 6.18. The zero-order valence-electron chi connectivity index (χ0n) is 15.8. The molecule has 6 nitrogen and oxygen atoms in total. The normalized spacial score (nSPS) is 27.6. The second kappa shape index (κ2) is 7.95. The second-order valence-electron chi connectivity index (χ2n) is 7.52. The summed E-state index contributed by atoms with van der Waals surface area (Å²) in [7, 11) is 0. The van der Waals surface area contributed by atoms with E-state index in [1.54, 1.807) is 45.9 Å². The Hall–Kier alpha value is -0.730. The molecule has 0 spiro atoms. The highest BCUT2D eigenvalue weighted by atomic mass is 35.5. The summed E-state index contributed by atoms with van der Waals surface area (Å²) >= 11 is 12.4. The molecular weight excluding hydrogens is 395 g/mol. The molecule has 2 heterocycles. The Morgan fingerprint density at radius 3 is 2.22 bits per heavy atom. The SMILES string of the molecule is CC1(C)OC[C@H](C(=O)[C@@H](OCc2c(Cl)cccc2Cl)[C@H]2COC(C)(C)O2)O1. The van der Waals surface area contributed by atoms with Gasteiger partial charge in [0.2, 0.25) is 0 Å². The molecule has 150 valence electrons. The summed E-state index contributed by atoms with van der Waals surface area (Å²) in [6, 6.07) is 5.19. The zero-order valence-corrected chi connectivity index (χ0v) is 17.3. The monoisotopic (exact) mass is 418 g/mol. The number of ether oxygens (including phenoxy) is 5. The van der Waals surface area contributed by atoms with E-state index in [-0.39, 0.29) is 25.6 Å². The van der Waals surface area contributed by atoms with Gasteiger partial charge in [-0.3, -0.25) is 4.79 Å². The first-order valence-electron chi connectivity index (χ1n) is 8.80. The van der Waals surface area contributed by atoms with Crippen LogP contribution in [0.3, 0.4) is 0 Å². The van der Waals surface area contributed by atoms with Gasteiger partial charge in [-0.2, -0.15) is 0 Å². The molecule has 27 heavy (non-hydrogen) atoms. The number of ketones is 1. The Morgan fingerprint density at radius 1 is 1.11 bits per heavy atom. The van der Waals surface area contributed by atoms with Crippen molar-refractivity contribution < 1.29 is 28.5 Å². The van der Waals surface area contributed by atoms with Crippen molar-refractivity contribution in [3.05, 3.63) is 33.8 Å². The van der Waals surface area contributed by atoms with Crippen molar-refractivity contribution in [1.29, 1.82) is 0 Å². The van der Waals surface area contributed by atoms with Gasteiger partial charge in [-0.05, 0) is 39.8 Å². The van der Waals surface area contributed by atoms with Gasteiger partial charge in [-0.15, -0.1) is 0 Å². The molecule has 0 unspecified atom stereocenters. The number of hydrogen-bond acceptors (Lipinski definition) is 6. The summed E-state index contributed by atoms with van der Waals surface area (Å²) in [5.41, 5.74) is 0.612. The minimum atomic E-state index is -0.901. The van der Waals surface area contributed by atoms with Gasteiger partial charge >= 0.3 is 0 Å². The lowest BCUT2D eigenvalue weighted by atomic mass is 10.1. The summed E-state index contributed by atoms with van der Waals surface area (Å²) in [6.07, 6.45) is -2.21. The molecule has 0 N–H and O–H groups in total. The van der Waals surface area contributed by atoms with Crippen LogP contribution in [-0.2, 0) is 35.1 Å². The third kappa shape index (κ3) is 5.01. The number of carbonyl (C=O) groups excluding carboxylic acids is 1. The largest absolute Gasteiger partial charge is 0.363 e. The first-order valence-corrected chi connectivity index (χ1v) is 9.55. The highest BCUT2D eigenvalue weighted by molar-refractivity contribution is 6.35. The lowest BCUT2D eigenvalue weighted by Gasteiger charge is -2.26. The average molecular weight is 419 g/mol. The first kappa shape index (κ1) is 21.0. The number of benzene rings is 1. The van der Waals surface area contributed by atoms with Gasteiger partial charge in [0.05, 0.1) is 19.8 Å². The Labute approximate surface area is 168 Å². The standard InChI is InChI=1S/C19H24Cl2O6/c1-18(2)24-9-14(26-18)16(22)17(15-10-25-19(3,4)27-15)23-8-11-12(20)6-5-7-13(11)21/h5-7,14-15,17H,8-10H2,1-4H3/t14-,15-,17+/m1/s1. The van der Waals surface area contributed by atoms with Gasteiger partial charge in [0.1, 0.15) is 18.3 Å². The van der Waals surface area contributed by atoms with Crippen LogP contribution in [0.25, 0.3) is 0 Å². The summed E-state index contributed by atoms with van der Waals surface area (Å²) in [5.74, 6) is -1.86. The smallest absolute Gasteiger partial charge is 0.195 e. The van der Waals surface area contributed by atoms with E-state index in [4.69, 9.17) is 46.9 Å². The van der Waals surface area contributed by atoms with Crippen molar-refractivity contribution in [3.8, 4) is 0 Å². The quantitative estimate of drug-likeness (QED) is 0.700. The highest BCUT2D eigenvalue weighted by Gasteiger charge is 2.46. The maximum Gasteiger partial charge on any atom is 0.195 e. The summed E-state index contributed by atoms with van der Waals surface area (Å²) in [5, 5.41) is 0.943. The van der Waals surface area contributed by atoms with Crippen LogP contribution in [-0.4, -0.2) is 48.9 Å². The molecule has 2 aliphatic rings. The third-order valence-corrected chi connectivity index (χ3v) is 5.15. The van der Waals surface area contributed by atoms with Crippen molar-refractivity contribution in [2.24, 2.45) is 0 Å². The van der Waals surface area contributed by atoms with E-state index < -0.39 is 29.9 Å². The molecule has 2 fully saturated rings. The number of rotatable bonds is 6. The number of halogens is 2. The summed E-state index contributed by atoms with van der Waals surface area (Å²) in [6.45, 7) is 7.56. The fourth-order valence-corrected chi connectivity index (χ4v) is 3.60. The fraction of sp³-hybridized carbons (Fsp3) is 0.632. The molecule has 3 rings (SSSR count). The van der Waals surface area contributed by atoms with Crippen molar-refractivity contribution in [2.45, 2.75) is 64.2 Å². The molecule has 0 aromatic heterocycles. The molecule has 8 heteroatoms. The zero-order chi connectivity index (χ0) is 19.8. The maximum absolute atomic E-state index is 13.1. The Balaban J connectivity index is 1.77. The van der Waals surface area contributed by atoms with Crippen molar-refractivity contribution in [2.75, 3.05) is 13.2 Å². The number of hydrogen-bond donors (Lipinski definition) is 0. The molecule has 0 saturated carbocycles. The molecule has 0 radical (unpaired) electrons. The molecule has 0 aliphatic carbocycles. The molecule has 0 amide bonds. The van der Waals surface area contributed by atoms with Gasteiger partial charge < -0.3 is 23.7 Å². The van der Waals surface area contributed by atoms with E-state index in [0.29, 0.717) is 15.6 Å². The van der Waals surface area contributed by atoms with E-state index in [2.05, 4.69) is 0 Å². The Morgan fingerprint density at radius 2 is 1.70 bits per heavy atom. The minimum Gasteiger partial charge on any atom is -0.363 e. The van der Waals surface area contributed by atoms with Gasteiger partial charge in [0, 0.05) is 15.6 Å². The topological polar surface area (TPSA) is 63.2 Å².